The van der Waals surface area contributed by atoms with E-state index in [1.165, 1.54) is 0 Å². The molecule has 35 heavy (non-hydrogen) atoms. The average molecular weight is 471 g/mol. The molecule has 5 rings (SSSR count). The molecular formula is C28H26N2O5. The predicted octanol–water partition coefficient (Wildman–Crippen LogP) is 5.12. The Hall–Kier alpha value is -4.13. The van der Waals surface area contributed by atoms with Gasteiger partial charge in [0.2, 0.25) is 5.76 Å². The van der Waals surface area contributed by atoms with Gasteiger partial charge in [0.15, 0.2) is 16.9 Å². The van der Waals surface area contributed by atoms with Crippen molar-refractivity contribution in [1.82, 2.24) is 9.88 Å². The third-order valence-corrected chi connectivity index (χ3v) is 6.23. The number of amides is 1. The van der Waals surface area contributed by atoms with E-state index in [1.807, 2.05) is 30.3 Å². The minimum Gasteiger partial charge on any atom is -0.493 e. The van der Waals surface area contributed by atoms with Gasteiger partial charge in [-0.25, -0.2) is 0 Å². The Labute approximate surface area is 202 Å². The van der Waals surface area contributed by atoms with E-state index in [4.69, 9.17) is 13.9 Å². The van der Waals surface area contributed by atoms with Gasteiger partial charge in [0, 0.05) is 18.9 Å². The maximum absolute atomic E-state index is 13.6. The van der Waals surface area contributed by atoms with Crippen LogP contribution in [0.3, 0.4) is 0 Å². The summed E-state index contributed by atoms with van der Waals surface area (Å²) < 4.78 is 17.5. The largest absolute Gasteiger partial charge is 0.493 e. The Bertz CT molecular complexity index is 1430. The number of pyridine rings is 1. The molecule has 4 aromatic rings. The molecule has 0 bridgehead atoms. The molecule has 0 fully saturated rings. The van der Waals surface area contributed by atoms with Crippen LogP contribution in [-0.4, -0.2) is 29.5 Å². The minimum atomic E-state index is -0.634. The van der Waals surface area contributed by atoms with E-state index >= 15 is 0 Å². The van der Waals surface area contributed by atoms with Gasteiger partial charge in [-0.05, 0) is 53.9 Å². The van der Waals surface area contributed by atoms with Crippen molar-refractivity contribution in [2.75, 3.05) is 13.7 Å². The maximum Gasteiger partial charge on any atom is 0.291 e. The van der Waals surface area contributed by atoms with E-state index in [1.54, 1.807) is 48.7 Å². The van der Waals surface area contributed by atoms with Crippen LogP contribution in [0.5, 0.6) is 11.5 Å². The quantitative estimate of drug-likeness (QED) is 0.333. The standard InChI is InChI=1S/C28H26N2O5/c1-3-4-15-34-22-10-9-19(16-23(22)33-2)25-24-26(31)20-7-5-6-8-21(20)35-27(24)28(32)30(25)17-18-11-13-29-14-12-18/h5-14,16,25H,3-4,15,17H2,1-2H3. The molecule has 0 saturated carbocycles. The van der Waals surface area contributed by atoms with Crippen molar-refractivity contribution in [3.8, 4) is 11.5 Å². The molecule has 1 amide bonds. The lowest BCUT2D eigenvalue weighted by atomic mass is 9.98. The van der Waals surface area contributed by atoms with Crippen molar-refractivity contribution in [3.05, 3.63) is 99.7 Å². The molecule has 7 nitrogen and oxygen atoms in total. The van der Waals surface area contributed by atoms with Gasteiger partial charge in [0.1, 0.15) is 5.58 Å². The third-order valence-electron chi connectivity index (χ3n) is 6.23. The highest BCUT2D eigenvalue weighted by molar-refractivity contribution is 5.99. The first-order valence-electron chi connectivity index (χ1n) is 11.7. The first-order valence-corrected chi connectivity index (χ1v) is 11.7. The number of nitrogens with zero attached hydrogens (tertiary/aromatic N) is 2. The molecule has 1 aliphatic heterocycles. The van der Waals surface area contributed by atoms with Crippen molar-refractivity contribution >= 4 is 16.9 Å². The molecule has 1 unspecified atom stereocenters. The second-order valence-electron chi connectivity index (χ2n) is 8.47. The van der Waals surface area contributed by atoms with Gasteiger partial charge in [0.25, 0.3) is 5.91 Å². The lowest BCUT2D eigenvalue weighted by molar-refractivity contribution is 0.0714. The molecule has 3 heterocycles. The van der Waals surface area contributed by atoms with Gasteiger partial charge in [-0.1, -0.05) is 31.5 Å². The van der Waals surface area contributed by atoms with Crippen molar-refractivity contribution in [1.29, 1.82) is 0 Å². The van der Waals surface area contributed by atoms with Gasteiger partial charge < -0.3 is 18.8 Å². The van der Waals surface area contributed by atoms with Crippen LogP contribution in [-0.2, 0) is 6.54 Å². The molecule has 2 aromatic carbocycles. The van der Waals surface area contributed by atoms with Gasteiger partial charge in [-0.2, -0.15) is 0 Å². The molecular weight excluding hydrogens is 444 g/mol. The highest BCUT2D eigenvalue weighted by Crippen LogP contribution is 2.41. The van der Waals surface area contributed by atoms with Gasteiger partial charge in [-0.15, -0.1) is 0 Å². The summed E-state index contributed by atoms with van der Waals surface area (Å²) in [5, 5.41) is 0.446. The highest BCUT2D eigenvalue weighted by Gasteiger charge is 2.43. The summed E-state index contributed by atoms with van der Waals surface area (Å²) in [4.78, 5) is 33.0. The fourth-order valence-electron chi connectivity index (χ4n) is 4.46. The van der Waals surface area contributed by atoms with Crippen molar-refractivity contribution in [3.63, 3.8) is 0 Å². The van der Waals surface area contributed by atoms with Crippen LogP contribution in [0.1, 0.15) is 53.1 Å². The first-order chi connectivity index (χ1) is 17.1. The van der Waals surface area contributed by atoms with E-state index in [9.17, 15) is 9.59 Å². The number of rotatable bonds is 8. The summed E-state index contributed by atoms with van der Waals surface area (Å²) in [6.07, 6.45) is 5.32. The number of aromatic nitrogens is 1. The number of ether oxygens (including phenoxy) is 2. The zero-order valence-corrected chi connectivity index (χ0v) is 19.7. The minimum absolute atomic E-state index is 0.0787. The van der Waals surface area contributed by atoms with Crippen LogP contribution < -0.4 is 14.9 Å². The summed E-state index contributed by atoms with van der Waals surface area (Å²) in [5.41, 5.74) is 2.17. The smallest absolute Gasteiger partial charge is 0.291 e. The van der Waals surface area contributed by atoms with E-state index in [-0.39, 0.29) is 17.1 Å². The normalized spacial score (nSPS) is 14.9. The average Bonchev–Trinajstić information content (AvgIpc) is 3.16. The van der Waals surface area contributed by atoms with Crippen molar-refractivity contribution in [2.45, 2.75) is 32.4 Å². The number of methoxy groups -OCH3 is 1. The van der Waals surface area contributed by atoms with Crippen LogP contribution in [0.4, 0.5) is 0 Å². The molecule has 1 atom stereocenters. The number of fused-ring (bicyclic) bond motifs is 2. The second-order valence-corrected chi connectivity index (χ2v) is 8.47. The third kappa shape index (κ3) is 4.14. The first kappa shape index (κ1) is 22.7. The van der Waals surface area contributed by atoms with Gasteiger partial charge in [-0.3, -0.25) is 14.6 Å². The Morgan fingerprint density at radius 3 is 2.60 bits per heavy atom. The monoisotopic (exact) mass is 470 g/mol. The Kier molecular flexibility index (Phi) is 6.23. The predicted molar refractivity (Wildman–Crippen MR) is 132 cm³/mol. The number of carbonyl (C=O) groups is 1. The zero-order valence-electron chi connectivity index (χ0n) is 19.7. The van der Waals surface area contributed by atoms with E-state index in [2.05, 4.69) is 11.9 Å². The van der Waals surface area contributed by atoms with E-state index in [0.29, 0.717) is 41.2 Å². The number of hydrogen-bond acceptors (Lipinski definition) is 6. The number of hydrogen-bond donors (Lipinski definition) is 0. The molecule has 0 radical (unpaired) electrons. The van der Waals surface area contributed by atoms with Gasteiger partial charge >= 0.3 is 0 Å². The summed E-state index contributed by atoms with van der Waals surface area (Å²) in [7, 11) is 1.58. The number of unbranched alkanes of at least 4 members (excludes halogenated alkanes) is 1. The van der Waals surface area contributed by atoms with Crippen LogP contribution >= 0.6 is 0 Å². The highest BCUT2D eigenvalue weighted by atomic mass is 16.5. The summed E-state index contributed by atoms with van der Waals surface area (Å²) in [6.45, 7) is 2.98. The SMILES string of the molecule is CCCCOc1ccc(C2c3c(oc4ccccc4c3=O)C(=O)N2Cc2ccncc2)cc1OC. The summed E-state index contributed by atoms with van der Waals surface area (Å²) in [5.74, 6) is 0.927. The lowest BCUT2D eigenvalue weighted by Crippen LogP contribution is -2.29. The van der Waals surface area contributed by atoms with Crippen LogP contribution in [0.2, 0.25) is 0 Å². The van der Waals surface area contributed by atoms with Crippen molar-refractivity contribution in [2.24, 2.45) is 0 Å². The Balaban J connectivity index is 1.65. The summed E-state index contributed by atoms with van der Waals surface area (Å²) in [6, 6.07) is 15.6. The lowest BCUT2D eigenvalue weighted by Gasteiger charge is -2.26. The number of para-hydroxylation sites is 1. The fraction of sp³-hybridized carbons (Fsp3) is 0.250. The fourth-order valence-corrected chi connectivity index (χ4v) is 4.46. The molecule has 0 spiro atoms. The Morgan fingerprint density at radius 2 is 1.83 bits per heavy atom. The molecule has 0 aliphatic carbocycles. The molecule has 1 aliphatic rings. The number of carbonyl (C=O) groups excluding carboxylic acids is 1. The van der Waals surface area contributed by atoms with Crippen LogP contribution in [0.25, 0.3) is 11.0 Å². The molecule has 2 aromatic heterocycles. The van der Waals surface area contributed by atoms with Crippen LogP contribution in [0.15, 0.2) is 76.2 Å². The maximum atomic E-state index is 13.6. The Morgan fingerprint density at radius 1 is 1.03 bits per heavy atom. The molecule has 0 saturated heterocycles. The van der Waals surface area contributed by atoms with Crippen LogP contribution in [0, 0.1) is 0 Å². The second kappa shape index (κ2) is 9.62. The molecule has 178 valence electrons. The van der Waals surface area contributed by atoms with Crippen molar-refractivity contribution < 1.29 is 18.7 Å². The topological polar surface area (TPSA) is 81.9 Å². The number of benzene rings is 2. The zero-order chi connectivity index (χ0) is 24.4. The molecule has 0 N–H and O–H groups in total. The van der Waals surface area contributed by atoms with E-state index < -0.39 is 6.04 Å². The molecule has 7 heteroatoms. The van der Waals surface area contributed by atoms with E-state index in [0.717, 1.165) is 24.0 Å². The summed E-state index contributed by atoms with van der Waals surface area (Å²) >= 11 is 0. The van der Waals surface area contributed by atoms with Gasteiger partial charge in [0.05, 0.1) is 30.7 Å².